The van der Waals surface area contributed by atoms with Gasteiger partial charge in [-0.1, -0.05) is 13.8 Å². The summed E-state index contributed by atoms with van der Waals surface area (Å²) in [5.74, 6) is -0.235. The average Bonchev–Trinajstić information content (AvgIpc) is 2.22. The van der Waals surface area contributed by atoms with Crippen LogP contribution < -0.4 is 11.1 Å². The predicted molar refractivity (Wildman–Crippen MR) is 61.9 cm³/mol. The predicted octanol–water partition coefficient (Wildman–Crippen LogP) is 1.45. The number of rotatable bonds is 7. The van der Waals surface area contributed by atoms with Crippen molar-refractivity contribution in [3.05, 3.63) is 0 Å². The summed E-state index contributed by atoms with van der Waals surface area (Å²) in [5.41, 5.74) is 5.02. The topological polar surface area (TPSA) is 64.3 Å². The Morgan fingerprint density at radius 2 is 1.94 bits per heavy atom. The second kappa shape index (κ2) is 6.94. The zero-order valence-electron chi connectivity index (χ0n) is 10.9. The van der Waals surface area contributed by atoms with Crippen LogP contribution in [0.1, 0.15) is 27.2 Å². The summed E-state index contributed by atoms with van der Waals surface area (Å²) in [6.07, 6.45) is -4.47. The zero-order valence-corrected chi connectivity index (χ0v) is 10.9. The SMILES string of the molecule is CC(C)C(C)(CN)NC(=O)CCOCC(F)(F)F. The molecule has 1 unspecified atom stereocenters. The molecular weight excluding hydrogens is 249 g/mol. The molecule has 18 heavy (non-hydrogen) atoms. The van der Waals surface area contributed by atoms with E-state index in [4.69, 9.17) is 5.73 Å². The highest BCUT2D eigenvalue weighted by Gasteiger charge is 2.29. The Balaban J connectivity index is 3.98. The van der Waals surface area contributed by atoms with Crippen molar-refractivity contribution in [1.29, 1.82) is 0 Å². The minimum Gasteiger partial charge on any atom is -0.372 e. The van der Waals surface area contributed by atoms with Gasteiger partial charge in [-0.15, -0.1) is 0 Å². The number of nitrogens with two attached hydrogens (primary N) is 1. The summed E-state index contributed by atoms with van der Waals surface area (Å²) in [6.45, 7) is 4.29. The molecule has 4 nitrogen and oxygen atoms in total. The van der Waals surface area contributed by atoms with Crippen LogP contribution in [-0.2, 0) is 9.53 Å². The van der Waals surface area contributed by atoms with Crippen molar-refractivity contribution < 1.29 is 22.7 Å². The first kappa shape index (κ1) is 17.2. The van der Waals surface area contributed by atoms with Crippen molar-refractivity contribution in [1.82, 2.24) is 5.32 Å². The average molecular weight is 270 g/mol. The molecule has 0 aliphatic rings. The number of amides is 1. The van der Waals surface area contributed by atoms with Crippen LogP contribution in [0.2, 0.25) is 0 Å². The van der Waals surface area contributed by atoms with Crippen molar-refractivity contribution >= 4 is 5.91 Å². The first-order valence-corrected chi connectivity index (χ1v) is 5.76. The Bertz CT molecular complexity index is 270. The Hall–Kier alpha value is -0.820. The Labute approximate surface area is 105 Å². The maximum Gasteiger partial charge on any atom is 0.411 e. The van der Waals surface area contributed by atoms with Gasteiger partial charge in [-0.25, -0.2) is 0 Å². The lowest BCUT2D eigenvalue weighted by Gasteiger charge is -2.33. The van der Waals surface area contributed by atoms with E-state index in [1.165, 1.54) is 0 Å². The second-order valence-corrected chi connectivity index (χ2v) is 4.74. The molecule has 0 fully saturated rings. The van der Waals surface area contributed by atoms with E-state index < -0.39 is 18.3 Å². The quantitative estimate of drug-likeness (QED) is 0.688. The van der Waals surface area contributed by atoms with Crippen molar-refractivity contribution in [3.8, 4) is 0 Å². The lowest BCUT2D eigenvalue weighted by Crippen LogP contribution is -2.55. The number of ether oxygens (including phenoxy) is 1. The van der Waals surface area contributed by atoms with Gasteiger partial charge in [-0.3, -0.25) is 4.79 Å². The molecule has 0 bridgehead atoms. The van der Waals surface area contributed by atoms with Gasteiger partial charge in [0.25, 0.3) is 0 Å². The smallest absolute Gasteiger partial charge is 0.372 e. The maximum absolute atomic E-state index is 11.8. The third-order valence-corrected chi connectivity index (χ3v) is 2.86. The number of carbonyl (C=O) groups excluding carboxylic acids is 1. The highest BCUT2D eigenvalue weighted by atomic mass is 19.4. The molecule has 1 amide bonds. The highest BCUT2D eigenvalue weighted by molar-refractivity contribution is 5.76. The van der Waals surface area contributed by atoms with Gasteiger partial charge in [0.05, 0.1) is 12.1 Å². The van der Waals surface area contributed by atoms with Crippen molar-refractivity contribution in [2.45, 2.75) is 38.9 Å². The molecule has 0 spiro atoms. The van der Waals surface area contributed by atoms with Crippen molar-refractivity contribution in [2.24, 2.45) is 11.7 Å². The van der Waals surface area contributed by atoms with E-state index in [0.29, 0.717) is 0 Å². The van der Waals surface area contributed by atoms with Crippen LogP contribution in [0.4, 0.5) is 13.2 Å². The monoisotopic (exact) mass is 270 g/mol. The van der Waals surface area contributed by atoms with Gasteiger partial charge >= 0.3 is 6.18 Å². The van der Waals surface area contributed by atoms with Gasteiger partial charge in [-0.05, 0) is 12.8 Å². The molecule has 0 aromatic carbocycles. The summed E-state index contributed by atoms with van der Waals surface area (Å²) < 4.78 is 39.7. The molecule has 0 aliphatic carbocycles. The molecule has 7 heteroatoms. The maximum atomic E-state index is 11.8. The molecule has 0 saturated heterocycles. The van der Waals surface area contributed by atoms with Crippen LogP contribution in [0.3, 0.4) is 0 Å². The summed E-state index contributed by atoms with van der Waals surface area (Å²) in [5, 5.41) is 2.71. The Kier molecular flexibility index (Phi) is 6.62. The molecule has 108 valence electrons. The fourth-order valence-electron chi connectivity index (χ4n) is 1.16. The third kappa shape index (κ3) is 6.80. The summed E-state index contributed by atoms with van der Waals surface area (Å²) in [7, 11) is 0. The number of nitrogens with one attached hydrogen (secondary N) is 1. The van der Waals surface area contributed by atoms with E-state index in [9.17, 15) is 18.0 Å². The molecule has 0 aromatic rings. The molecule has 0 aliphatic heterocycles. The second-order valence-electron chi connectivity index (χ2n) is 4.74. The lowest BCUT2D eigenvalue weighted by molar-refractivity contribution is -0.174. The number of carbonyl (C=O) groups is 1. The fraction of sp³-hybridized carbons (Fsp3) is 0.909. The van der Waals surface area contributed by atoms with Gasteiger partial charge < -0.3 is 15.8 Å². The third-order valence-electron chi connectivity index (χ3n) is 2.86. The van der Waals surface area contributed by atoms with Crippen LogP contribution in [0.25, 0.3) is 0 Å². The Morgan fingerprint density at radius 3 is 2.33 bits per heavy atom. The van der Waals surface area contributed by atoms with E-state index in [1.54, 1.807) is 6.92 Å². The van der Waals surface area contributed by atoms with Gasteiger partial charge in [0.2, 0.25) is 5.91 Å². The normalized spacial score (nSPS) is 15.6. The van der Waals surface area contributed by atoms with Crippen molar-refractivity contribution in [2.75, 3.05) is 19.8 Å². The number of hydrogen-bond donors (Lipinski definition) is 2. The van der Waals surface area contributed by atoms with E-state index >= 15 is 0 Å². The molecule has 0 aromatic heterocycles. The molecule has 0 radical (unpaired) electrons. The van der Waals surface area contributed by atoms with Crippen LogP contribution in [-0.4, -0.2) is 37.4 Å². The number of hydrogen-bond acceptors (Lipinski definition) is 3. The van der Waals surface area contributed by atoms with Crippen LogP contribution in [0.15, 0.2) is 0 Å². The van der Waals surface area contributed by atoms with E-state index in [-0.39, 0.29) is 31.4 Å². The van der Waals surface area contributed by atoms with Gasteiger partial charge in [0.15, 0.2) is 0 Å². The number of alkyl halides is 3. The van der Waals surface area contributed by atoms with Gasteiger partial charge in [0, 0.05) is 13.0 Å². The van der Waals surface area contributed by atoms with Crippen molar-refractivity contribution in [3.63, 3.8) is 0 Å². The molecule has 0 rings (SSSR count). The fourth-order valence-corrected chi connectivity index (χ4v) is 1.16. The molecule has 1 atom stereocenters. The summed E-state index contributed by atoms with van der Waals surface area (Å²) in [6, 6.07) is 0. The van der Waals surface area contributed by atoms with E-state index in [0.717, 1.165) is 0 Å². The first-order chi connectivity index (χ1) is 8.10. The minimum absolute atomic E-state index is 0.113. The lowest BCUT2D eigenvalue weighted by atomic mass is 9.88. The first-order valence-electron chi connectivity index (χ1n) is 5.76. The molecule has 0 heterocycles. The summed E-state index contributed by atoms with van der Waals surface area (Å²) in [4.78, 5) is 11.5. The van der Waals surface area contributed by atoms with E-state index in [2.05, 4.69) is 10.1 Å². The van der Waals surface area contributed by atoms with Gasteiger partial charge in [0.1, 0.15) is 6.61 Å². The molecular formula is C11H21F3N2O2. The van der Waals surface area contributed by atoms with E-state index in [1.807, 2.05) is 13.8 Å². The minimum atomic E-state index is -4.36. The largest absolute Gasteiger partial charge is 0.411 e. The number of halogens is 3. The zero-order chi connectivity index (χ0) is 14.4. The van der Waals surface area contributed by atoms with Crippen LogP contribution in [0, 0.1) is 5.92 Å². The van der Waals surface area contributed by atoms with Gasteiger partial charge in [-0.2, -0.15) is 13.2 Å². The Morgan fingerprint density at radius 1 is 1.39 bits per heavy atom. The standard InChI is InChI=1S/C11H21F3N2O2/c1-8(2)10(3,6-15)16-9(17)4-5-18-7-11(12,13)14/h8H,4-7,15H2,1-3H3,(H,16,17). The summed E-state index contributed by atoms with van der Waals surface area (Å²) >= 11 is 0. The highest BCUT2D eigenvalue weighted by Crippen LogP contribution is 2.16. The molecule has 0 saturated carbocycles. The molecule has 3 N–H and O–H groups in total. The van der Waals surface area contributed by atoms with Crippen LogP contribution in [0.5, 0.6) is 0 Å². The van der Waals surface area contributed by atoms with Crippen LogP contribution >= 0.6 is 0 Å².